The molecule has 5 nitrogen and oxygen atoms in total. The van der Waals surface area contributed by atoms with E-state index in [1.54, 1.807) is 0 Å². The number of likely N-dealkylation sites (tertiary alicyclic amines) is 1. The molecule has 3 rings (SSSR count). The number of thioether (sulfide) groups is 1. The van der Waals surface area contributed by atoms with Gasteiger partial charge in [0, 0.05) is 10.6 Å². The molecule has 0 radical (unpaired) electrons. The Balaban J connectivity index is 1.66. The van der Waals surface area contributed by atoms with Gasteiger partial charge in [-0.15, -0.1) is 0 Å². The highest BCUT2D eigenvalue weighted by atomic mass is 32.2. The van der Waals surface area contributed by atoms with Gasteiger partial charge in [-0.25, -0.2) is 0 Å². The fraction of sp³-hybridized carbons (Fsp3) is 0.500. The number of hydrogen-bond acceptors (Lipinski definition) is 4. The molecular formula is C18H20F2N2O3S. The first-order chi connectivity index (χ1) is 12.4. The second-order valence-corrected chi connectivity index (χ2v) is 7.68. The fourth-order valence-electron chi connectivity index (χ4n) is 3.65. The second-order valence-electron chi connectivity index (χ2n) is 6.61. The number of amides is 3. The highest BCUT2D eigenvalue weighted by Crippen LogP contribution is 2.39. The summed E-state index contributed by atoms with van der Waals surface area (Å²) in [5, 5.41) is 2.64. The van der Waals surface area contributed by atoms with Crippen LogP contribution in [-0.2, 0) is 14.4 Å². The Kier molecular flexibility index (Phi) is 5.60. The lowest BCUT2D eigenvalue weighted by atomic mass is 9.81. The zero-order valence-electron chi connectivity index (χ0n) is 14.3. The molecule has 1 heterocycles. The van der Waals surface area contributed by atoms with Crippen molar-refractivity contribution in [3.63, 3.8) is 0 Å². The van der Waals surface area contributed by atoms with Gasteiger partial charge < -0.3 is 5.32 Å². The Morgan fingerprint density at radius 2 is 1.65 bits per heavy atom. The third-order valence-corrected chi connectivity index (χ3v) is 5.71. The molecule has 1 aromatic rings. The summed E-state index contributed by atoms with van der Waals surface area (Å²) in [5.41, 5.74) is 0.428. The van der Waals surface area contributed by atoms with Crippen LogP contribution in [-0.4, -0.2) is 34.4 Å². The molecule has 140 valence electrons. The van der Waals surface area contributed by atoms with Crippen molar-refractivity contribution >= 4 is 35.2 Å². The number of anilines is 1. The molecule has 2 aliphatic rings. The van der Waals surface area contributed by atoms with Gasteiger partial charge in [-0.3, -0.25) is 19.3 Å². The van der Waals surface area contributed by atoms with Crippen molar-refractivity contribution in [3.8, 4) is 0 Å². The van der Waals surface area contributed by atoms with Gasteiger partial charge in [0.05, 0.1) is 11.8 Å². The third kappa shape index (κ3) is 3.75. The molecule has 1 aliphatic carbocycles. The Morgan fingerprint density at radius 3 is 2.15 bits per heavy atom. The van der Waals surface area contributed by atoms with Gasteiger partial charge in [-0.05, 0) is 44.0 Å². The monoisotopic (exact) mass is 382 g/mol. The zero-order chi connectivity index (χ0) is 18.8. The number of benzene rings is 1. The van der Waals surface area contributed by atoms with Crippen molar-refractivity contribution in [3.05, 3.63) is 24.3 Å². The van der Waals surface area contributed by atoms with Gasteiger partial charge in [0.15, 0.2) is 0 Å². The number of carbonyl (C=O) groups is 3. The Hall–Kier alpha value is -1.96. The Morgan fingerprint density at radius 1 is 1.12 bits per heavy atom. The van der Waals surface area contributed by atoms with Crippen molar-refractivity contribution in [2.45, 2.75) is 49.3 Å². The molecule has 0 spiro atoms. The first-order valence-corrected chi connectivity index (χ1v) is 9.49. The minimum absolute atomic E-state index is 0.258. The number of hydrogen-bond donors (Lipinski definition) is 1. The average molecular weight is 382 g/mol. The van der Waals surface area contributed by atoms with E-state index in [2.05, 4.69) is 5.32 Å². The topological polar surface area (TPSA) is 66.5 Å². The van der Waals surface area contributed by atoms with Crippen molar-refractivity contribution in [1.82, 2.24) is 4.90 Å². The van der Waals surface area contributed by atoms with E-state index < -0.39 is 17.7 Å². The Labute approximate surface area is 154 Å². The minimum atomic E-state index is -2.51. The van der Waals surface area contributed by atoms with Crippen molar-refractivity contribution in [1.29, 1.82) is 0 Å². The molecule has 2 fully saturated rings. The predicted octanol–water partition coefficient (Wildman–Crippen LogP) is 3.50. The van der Waals surface area contributed by atoms with E-state index in [1.165, 1.54) is 31.2 Å². The van der Waals surface area contributed by atoms with Crippen LogP contribution in [0, 0.1) is 11.8 Å². The van der Waals surface area contributed by atoms with Crippen LogP contribution in [0.15, 0.2) is 29.2 Å². The number of halogens is 2. The van der Waals surface area contributed by atoms with E-state index in [-0.39, 0.29) is 23.7 Å². The van der Waals surface area contributed by atoms with Gasteiger partial charge in [-0.2, -0.15) is 8.78 Å². The van der Waals surface area contributed by atoms with E-state index in [4.69, 9.17) is 0 Å². The molecule has 0 aromatic heterocycles. The van der Waals surface area contributed by atoms with Crippen LogP contribution in [0.2, 0.25) is 0 Å². The van der Waals surface area contributed by atoms with E-state index in [0.29, 0.717) is 35.2 Å². The fourth-order valence-corrected chi connectivity index (χ4v) is 4.15. The summed E-state index contributed by atoms with van der Waals surface area (Å²) in [6.45, 7) is 1.53. The van der Waals surface area contributed by atoms with Gasteiger partial charge in [0.1, 0.15) is 6.04 Å². The van der Waals surface area contributed by atoms with Crippen LogP contribution >= 0.6 is 11.8 Å². The summed E-state index contributed by atoms with van der Waals surface area (Å²) in [7, 11) is 0. The lowest BCUT2D eigenvalue weighted by Crippen LogP contribution is -2.46. The van der Waals surface area contributed by atoms with Crippen molar-refractivity contribution in [2.24, 2.45) is 11.8 Å². The number of fused-ring (bicyclic) bond motifs is 1. The van der Waals surface area contributed by atoms with E-state index in [0.717, 1.165) is 17.7 Å². The Bertz CT molecular complexity index is 687. The number of carbonyl (C=O) groups excluding carboxylic acids is 3. The first kappa shape index (κ1) is 18.8. The smallest absolute Gasteiger partial charge is 0.288 e. The first-order valence-electron chi connectivity index (χ1n) is 8.61. The van der Waals surface area contributed by atoms with Crippen molar-refractivity contribution in [2.75, 3.05) is 5.32 Å². The summed E-state index contributed by atoms with van der Waals surface area (Å²) in [6, 6.07) is 5.09. The van der Waals surface area contributed by atoms with E-state index in [1.807, 2.05) is 0 Å². The van der Waals surface area contributed by atoms with Crippen molar-refractivity contribution < 1.29 is 23.2 Å². The molecule has 1 saturated heterocycles. The number of nitrogens with zero attached hydrogens (tertiary/aromatic N) is 1. The lowest BCUT2D eigenvalue weighted by molar-refractivity contribution is -0.146. The van der Waals surface area contributed by atoms with E-state index >= 15 is 0 Å². The predicted molar refractivity (Wildman–Crippen MR) is 93.7 cm³/mol. The summed E-state index contributed by atoms with van der Waals surface area (Å²) in [6.07, 6.45) is 3.25. The van der Waals surface area contributed by atoms with Crippen LogP contribution in [0.25, 0.3) is 0 Å². The second kappa shape index (κ2) is 7.73. The summed E-state index contributed by atoms with van der Waals surface area (Å²) < 4.78 is 24.7. The average Bonchev–Trinajstić information content (AvgIpc) is 2.87. The van der Waals surface area contributed by atoms with Crippen LogP contribution in [0.1, 0.15) is 32.6 Å². The van der Waals surface area contributed by atoms with Gasteiger partial charge in [0.2, 0.25) is 17.7 Å². The van der Waals surface area contributed by atoms with Crippen LogP contribution in [0.5, 0.6) is 0 Å². The standard InChI is InChI=1S/C18H20F2N2O3S/c1-10(22-16(24)13-4-2-3-5-14(13)17(22)25)15(23)21-11-6-8-12(9-7-11)26-18(19)20/h6-10,13-14,18H,2-5H2,1H3,(H,21,23)/t10-,13-,14+/m0/s1. The molecule has 1 saturated carbocycles. The molecular weight excluding hydrogens is 362 g/mol. The summed E-state index contributed by atoms with van der Waals surface area (Å²) in [4.78, 5) is 39.1. The molecule has 26 heavy (non-hydrogen) atoms. The normalized spacial score (nSPS) is 23.9. The summed E-state index contributed by atoms with van der Waals surface area (Å²) in [5.74, 6) is -4.09. The highest BCUT2D eigenvalue weighted by molar-refractivity contribution is 7.99. The molecule has 3 atom stereocenters. The highest BCUT2D eigenvalue weighted by Gasteiger charge is 2.50. The number of imide groups is 1. The zero-order valence-corrected chi connectivity index (χ0v) is 15.1. The maximum Gasteiger partial charge on any atom is 0.288 e. The summed E-state index contributed by atoms with van der Waals surface area (Å²) >= 11 is 0.421. The maximum absolute atomic E-state index is 12.5. The molecule has 1 N–H and O–H groups in total. The maximum atomic E-state index is 12.5. The third-order valence-electron chi connectivity index (χ3n) is 4.99. The van der Waals surface area contributed by atoms with Gasteiger partial charge in [0.25, 0.3) is 5.76 Å². The lowest BCUT2D eigenvalue weighted by Gasteiger charge is -2.22. The van der Waals surface area contributed by atoms with Crippen LogP contribution in [0.3, 0.4) is 0 Å². The molecule has 1 aliphatic heterocycles. The largest absolute Gasteiger partial charge is 0.324 e. The minimum Gasteiger partial charge on any atom is -0.324 e. The van der Waals surface area contributed by atoms with Gasteiger partial charge >= 0.3 is 0 Å². The van der Waals surface area contributed by atoms with E-state index in [9.17, 15) is 23.2 Å². The molecule has 0 bridgehead atoms. The number of nitrogens with one attached hydrogen (secondary N) is 1. The quantitative estimate of drug-likeness (QED) is 0.625. The molecule has 1 aromatic carbocycles. The number of alkyl halides is 2. The molecule has 8 heteroatoms. The molecule has 0 unspecified atom stereocenters. The van der Waals surface area contributed by atoms with Crippen LogP contribution < -0.4 is 5.32 Å². The van der Waals surface area contributed by atoms with Crippen LogP contribution in [0.4, 0.5) is 14.5 Å². The SMILES string of the molecule is C[C@@H](C(=O)Nc1ccc(SC(F)F)cc1)N1C(=O)[C@H]2CCCC[C@H]2C1=O. The van der Waals surface area contributed by atoms with Gasteiger partial charge in [-0.1, -0.05) is 24.6 Å². The number of rotatable bonds is 5. The molecule has 3 amide bonds.